The maximum Gasteiger partial charge on any atom is 0.496 e. The smallest absolute Gasteiger partial charge is 0.465 e. The largest absolute Gasteiger partial charge is 0.496 e. The van der Waals surface area contributed by atoms with Crippen LogP contribution in [0.15, 0.2) is 12.1 Å². The third-order valence-corrected chi connectivity index (χ3v) is 4.38. The number of nitriles is 1. The molecule has 1 aliphatic heterocycles. The van der Waals surface area contributed by atoms with Crippen LogP contribution < -0.4 is 5.46 Å². The van der Waals surface area contributed by atoms with E-state index in [-0.39, 0.29) is 11.1 Å². The SMILES string of the molecule is COC(=O)c1cc(Cl)cc(B2OC(C)(C)C(C)(C)O2)c1C#N. The van der Waals surface area contributed by atoms with Crippen molar-refractivity contribution in [3.05, 3.63) is 28.3 Å². The number of esters is 1. The van der Waals surface area contributed by atoms with E-state index in [2.05, 4.69) is 0 Å². The zero-order valence-corrected chi connectivity index (χ0v) is 13.9. The normalized spacial score (nSPS) is 18.9. The Morgan fingerprint density at radius 3 is 2.27 bits per heavy atom. The molecule has 0 radical (unpaired) electrons. The molecule has 0 amide bonds. The van der Waals surface area contributed by atoms with Crippen molar-refractivity contribution < 1.29 is 18.8 Å². The highest BCUT2D eigenvalue weighted by Gasteiger charge is 2.52. The van der Waals surface area contributed by atoms with E-state index in [1.54, 1.807) is 6.07 Å². The minimum absolute atomic E-state index is 0.0993. The summed E-state index contributed by atoms with van der Waals surface area (Å²) >= 11 is 6.07. The molecule has 0 saturated carbocycles. The maximum absolute atomic E-state index is 11.9. The first-order valence-corrected chi connectivity index (χ1v) is 7.18. The fourth-order valence-electron chi connectivity index (χ4n) is 2.18. The van der Waals surface area contributed by atoms with Gasteiger partial charge in [0.05, 0.1) is 35.5 Å². The van der Waals surface area contributed by atoms with E-state index in [1.807, 2.05) is 33.8 Å². The number of carbonyl (C=O) groups excluding carboxylic acids is 1. The summed E-state index contributed by atoms with van der Waals surface area (Å²) in [6.45, 7) is 7.63. The van der Waals surface area contributed by atoms with Crippen LogP contribution in [-0.4, -0.2) is 31.4 Å². The second-order valence-electron chi connectivity index (χ2n) is 6.11. The van der Waals surface area contributed by atoms with Crippen molar-refractivity contribution in [2.45, 2.75) is 38.9 Å². The summed E-state index contributed by atoms with van der Waals surface area (Å²) in [7, 11) is 0.473. The van der Waals surface area contributed by atoms with Crippen molar-refractivity contribution >= 4 is 30.2 Å². The lowest BCUT2D eigenvalue weighted by molar-refractivity contribution is 0.00578. The van der Waals surface area contributed by atoms with Crippen LogP contribution in [-0.2, 0) is 14.0 Å². The van der Waals surface area contributed by atoms with Gasteiger partial charge in [0, 0.05) is 10.5 Å². The van der Waals surface area contributed by atoms with E-state index >= 15 is 0 Å². The molecule has 22 heavy (non-hydrogen) atoms. The number of methoxy groups -OCH3 is 1. The molecular formula is C15H17BClNO4. The highest BCUT2D eigenvalue weighted by molar-refractivity contribution is 6.63. The highest BCUT2D eigenvalue weighted by Crippen LogP contribution is 2.37. The molecule has 0 unspecified atom stereocenters. The first-order chi connectivity index (χ1) is 10.1. The summed E-state index contributed by atoms with van der Waals surface area (Å²) in [5.74, 6) is -0.628. The predicted molar refractivity (Wildman–Crippen MR) is 83.2 cm³/mol. The van der Waals surface area contributed by atoms with Crippen molar-refractivity contribution in [2.75, 3.05) is 7.11 Å². The Morgan fingerprint density at radius 1 is 1.27 bits per heavy atom. The summed E-state index contributed by atoms with van der Waals surface area (Å²) in [4.78, 5) is 11.9. The van der Waals surface area contributed by atoms with Gasteiger partial charge >= 0.3 is 13.1 Å². The number of carbonyl (C=O) groups is 1. The van der Waals surface area contributed by atoms with Gasteiger partial charge < -0.3 is 14.0 Å². The van der Waals surface area contributed by atoms with Crippen molar-refractivity contribution in [2.24, 2.45) is 0 Å². The number of benzene rings is 1. The van der Waals surface area contributed by atoms with Gasteiger partial charge in [-0.3, -0.25) is 0 Å². The van der Waals surface area contributed by atoms with Gasteiger partial charge in [-0.2, -0.15) is 5.26 Å². The molecule has 5 nitrogen and oxygen atoms in total. The lowest BCUT2D eigenvalue weighted by atomic mass is 9.75. The fourth-order valence-corrected chi connectivity index (χ4v) is 2.41. The van der Waals surface area contributed by atoms with Gasteiger partial charge in [-0.05, 0) is 39.8 Å². The molecule has 0 spiro atoms. The molecule has 1 aromatic rings. The summed E-state index contributed by atoms with van der Waals surface area (Å²) < 4.78 is 16.6. The van der Waals surface area contributed by atoms with E-state index in [9.17, 15) is 10.1 Å². The Morgan fingerprint density at radius 2 is 1.82 bits per heavy atom. The van der Waals surface area contributed by atoms with E-state index in [0.29, 0.717) is 10.5 Å². The summed E-state index contributed by atoms with van der Waals surface area (Å²) in [5.41, 5.74) is -0.443. The van der Waals surface area contributed by atoms with Gasteiger partial charge in [-0.15, -0.1) is 0 Å². The standard InChI is InChI=1S/C15H17BClNO4/c1-14(2)15(3,4)22-16(21-14)12-7-9(17)6-10(11(12)8-18)13(19)20-5/h6-7H,1-5H3. The minimum Gasteiger partial charge on any atom is -0.465 e. The first kappa shape index (κ1) is 16.8. The molecule has 7 heteroatoms. The lowest BCUT2D eigenvalue weighted by Crippen LogP contribution is -2.41. The van der Waals surface area contributed by atoms with E-state index in [1.165, 1.54) is 13.2 Å². The molecule has 1 aromatic carbocycles. The number of rotatable bonds is 2. The van der Waals surface area contributed by atoms with Gasteiger partial charge in [0.1, 0.15) is 0 Å². The van der Waals surface area contributed by atoms with E-state index < -0.39 is 24.3 Å². The van der Waals surface area contributed by atoms with Gasteiger partial charge in [-0.1, -0.05) is 11.6 Å². The second kappa shape index (κ2) is 5.58. The quantitative estimate of drug-likeness (QED) is 0.617. The number of hydrogen-bond donors (Lipinski definition) is 0. The molecule has 2 rings (SSSR count). The van der Waals surface area contributed by atoms with Crippen LogP contribution >= 0.6 is 11.6 Å². The molecule has 0 bridgehead atoms. The van der Waals surface area contributed by atoms with E-state index in [0.717, 1.165) is 0 Å². The van der Waals surface area contributed by atoms with Crippen LogP contribution in [0.4, 0.5) is 0 Å². The number of halogens is 1. The Kier molecular flexibility index (Phi) is 4.27. The molecule has 1 fully saturated rings. The third-order valence-electron chi connectivity index (χ3n) is 4.16. The molecule has 0 N–H and O–H groups in total. The summed E-state index contributed by atoms with van der Waals surface area (Å²) in [5, 5.41) is 9.75. The van der Waals surface area contributed by atoms with Crippen LogP contribution in [0.5, 0.6) is 0 Å². The van der Waals surface area contributed by atoms with Crippen molar-refractivity contribution in [3.8, 4) is 6.07 Å². The average Bonchev–Trinajstić information content (AvgIpc) is 2.65. The maximum atomic E-state index is 11.9. The highest BCUT2D eigenvalue weighted by atomic mass is 35.5. The average molecular weight is 322 g/mol. The number of nitrogens with zero attached hydrogens (tertiary/aromatic N) is 1. The molecule has 1 heterocycles. The van der Waals surface area contributed by atoms with Crippen molar-refractivity contribution in [3.63, 3.8) is 0 Å². The molecule has 0 aliphatic carbocycles. The molecular weight excluding hydrogens is 304 g/mol. The molecule has 116 valence electrons. The lowest BCUT2D eigenvalue weighted by Gasteiger charge is -2.32. The monoisotopic (exact) mass is 321 g/mol. The zero-order chi connectivity index (χ0) is 16.7. The summed E-state index contributed by atoms with van der Waals surface area (Å²) in [6.07, 6.45) is 0. The van der Waals surface area contributed by atoms with Gasteiger partial charge in [-0.25, -0.2) is 4.79 Å². The number of ether oxygens (including phenoxy) is 1. The van der Waals surface area contributed by atoms with Crippen LogP contribution in [0.3, 0.4) is 0 Å². The van der Waals surface area contributed by atoms with Crippen molar-refractivity contribution in [1.29, 1.82) is 5.26 Å². The Bertz CT molecular complexity index is 650. The van der Waals surface area contributed by atoms with Crippen LogP contribution in [0.1, 0.15) is 43.6 Å². The predicted octanol–water partition coefficient (Wildman–Crippen LogP) is 2.30. The zero-order valence-electron chi connectivity index (χ0n) is 13.2. The third kappa shape index (κ3) is 2.72. The van der Waals surface area contributed by atoms with E-state index in [4.69, 9.17) is 25.6 Å². The molecule has 1 aliphatic rings. The van der Waals surface area contributed by atoms with Crippen molar-refractivity contribution in [1.82, 2.24) is 0 Å². The first-order valence-electron chi connectivity index (χ1n) is 6.80. The van der Waals surface area contributed by atoms with Crippen LogP contribution in [0.25, 0.3) is 0 Å². The summed E-state index contributed by atoms with van der Waals surface area (Å²) in [6, 6.07) is 5.00. The second-order valence-corrected chi connectivity index (χ2v) is 6.55. The topological polar surface area (TPSA) is 68.6 Å². The van der Waals surface area contributed by atoms with Gasteiger partial charge in [0.2, 0.25) is 0 Å². The molecule has 1 saturated heterocycles. The van der Waals surface area contributed by atoms with Crippen LogP contribution in [0.2, 0.25) is 5.02 Å². The molecule has 0 aromatic heterocycles. The minimum atomic E-state index is -0.776. The van der Waals surface area contributed by atoms with Crippen LogP contribution in [0, 0.1) is 11.3 Å². The van der Waals surface area contributed by atoms with Gasteiger partial charge in [0.25, 0.3) is 0 Å². The molecule has 0 atom stereocenters. The number of hydrogen-bond acceptors (Lipinski definition) is 5. The Hall–Kier alpha value is -1.55. The Balaban J connectivity index is 2.56. The Labute approximate surface area is 135 Å². The fraction of sp³-hybridized carbons (Fsp3) is 0.467. The van der Waals surface area contributed by atoms with Gasteiger partial charge in [0.15, 0.2) is 0 Å².